The second-order valence-electron chi connectivity index (χ2n) is 6.25. The summed E-state index contributed by atoms with van der Waals surface area (Å²) in [7, 11) is 0. The quantitative estimate of drug-likeness (QED) is 0.868. The van der Waals surface area contributed by atoms with Gasteiger partial charge in [-0.15, -0.1) is 0 Å². The molecule has 1 saturated heterocycles. The molecule has 27 heavy (non-hydrogen) atoms. The van der Waals surface area contributed by atoms with Crippen LogP contribution in [-0.2, 0) is 4.79 Å². The number of nitrogens with zero attached hydrogens (tertiary/aromatic N) is 2. The lowest BCUT2D eigenvalue weighted by Crippen LogP contribution is -2.50. The van der Waals surface area contributed by atoms with Crippen LogP contribution in [0, 0.1) is 11.6 Å². The van der Waals surface area contributed by atoms with Crippen molar-refractivity contribution in [2.24, 2.45) is 0 Å². The normalized spacial score (nSPS) is 14.9. The minimum Gasteiger partial charge on any atom is -0.336 e. The van der Waals surface area contributed by atoms with Crippen LogP contribution in [0.4, 0.5) is 14.5 Å². The third-order valence-electron chi connectivity index (χ3n) is 4.32. The van der Waals surface area contributed by atoms with E-state index in [0.717, 1.165) is 18.2 Å². The van der Waals surface area contributed by atoms with Crippen molar-refractivity contribution in [2.75, 3.05) is 38.0 Å². The van der Waals surface area contributed by atoms with Crippen molar-refractivity contribution in [3.8, 4) is 0 Å². The van der Waals surface area contributed by atoms with E-state index in [-0.39, 0.29) is 18.1 Å². The lowest BCUT2D eigenvalue weighted by Gasteiger charge is -2.34. The number of hydrogen-bond donors (Lipinski definition) is 1. The summed E-state index contributed by atoms with van der Waals surface area (Å²) in [5.74, 6) is -1.83. The minimum absolute atomic E-state index is 0.0406. The summed E-state index contributed by atoms with van der Waals surface area (Å²) in [6.07, 6.45) is 0. The van der Waals surface area contributed by atoms with Gasteiger partial charge in [0.1, 0.15) is 11.6 Å². The summed E-state index contributed by atoms with van der Waals surface area (Å²) >= 11 is 5.83. The molecule has 0 unspecified atom stereocenters. The lowest BCUT2D eigenvalue weighted by atomic mass is 10.2. The smallest absolute Gasteiger partial charge is 0.253 e. The molecule has 3 rings (SSSR count). The monoisotopic (exact) mass is 393 g/mol. The Morgan fingerprint density at radius 1 is 1.00 bits per heavy atom. The fourth-order valence-electron chi connectivity index (χ4n) is 2.87. The maximum Gasteiger partial charge on any atom is 0.253 e. The molecule has 0 saturated carbocycles. The van der Waals surface area contributed by atoms with Gasteiger partial charge < -0.3 is 10.2 Å². The third kappa shape index (κ3) is 5.02. The first-order chi connectivity index (χ1) is 12.9. The largest absolute Gasteiger partial charge is 0.336 e. The maximum atomic E-state index is 13.6. The average Bonchev–Trinajstić information content (AvgIpc) is 2.65. The Morgan fingerprint density at radius 2 is 1.67 bits per heavy atom. The number of benzene rings is 2. The molecule has 2 aromatic rings. The molecule has 0 atom stereocenters. The highest BCUT2D eigenvalue weighted by atomic mass is 35.5. The van der Waals surface area contributed by atoms with Crippen LogP contribution in [0.5, 0.6) is 0 Å². The number of rotatable bonds is 4. The number of carbonyl (C=O) groups is 2. The Kier molecular flexibility index (Phi) is 6.03. The van der Waals surface area contributed by atoms with E-state index >= 15 is 0 Å². The fraction of sp³-hybridized carbons (Fsp3) is 0.263. The number of hydrogen-bond acceptors (Lipinski definition) is 3. The van der Waals surface area contributed by atoms with Crippen molar-refractivity contribution in [1.82, 2.24) is 9.80 Å². The number of anilines is 1. The van der Waals surface area contributed by atoms with E-state index in [4.69, 9.17) is 11.6 Å². The zero-order valence-electron chi connectivity index (χ0n) is 14.4. The standard InChI is InChI=1S/C19H18ClF2N3O2/c20-14-3-1-13(2-4-14)19(27)25-9-7-24(8-10-25)12-18(26)23-17-11-15(21)5-6-16(17)22/h1-6,11H,7-10,12H2,(H,23,26). The van der Waals surface area contributed by atoms with Crippen molar-refractivity contribution >= 4 is 29.1 Å². The number of piperazine rings is 1. The van der Waals surface area contributed by atoms with Gasteiger partial charge in [0.2, 0.25) is 5.91 Å². The highest BCUT2D eigenvalue weighted by Gasteiger charge is 2.23. The van der Waals surface area contributed by atoms with Gasteiger partial charge in [0.25, 0.3) is 5.91 Å². The molecule has 0 spiro atoms. The molecule has 0 radical (unpaired) electrons. The van der Waals surface area contributed by atoms with Crippen LogP contribution < -0.4 is 5.32 Å². The Balaban J connectivity index is 1.50. The summed E-state index contributed by atoms with van der Waals surface area (Å²) in [4.78, 5) is 28.1. The average molecular weight is 394 g/mol. The molecule has 1 heterocycles. The van der Waals surface area contributed by atoms with Gasteiger partial charge in [-0.05, 0) is 36.4 Å². The van der Waals surface area contributed by atoms with Crippen molar-refractivity contribution < 1.29 is 18.4 Å². The topological polar surface area (TPSA) is 52.7 Å². The second-order valence-corrected chi connectivity index (χ2v) is 6.68. The van der Waals surface area contributed by atoms with Crippen LogP contribution in [0.15, 0.2) is 42.5 Å². The van der Waals surface area contributed by atoms with E-state index in [9.17, 15) is 18.4 Å². The minimum atomic E-state index is -0.692. The highest BCUT2D eigenvalue weighted by molar-refractivity contribution is 6.30. The summed E-state index contributed by atoms with van der Waals surface area (Å²) in [6.45, 7) is 2.02. The fourth-order valence-corrected chi connectivity index (χ4v) is 3.00. The van der Waals surface area contributed by atoms with Crippen molar-refractivity contribution in [2.45, 2.75) is 0 Å². The van der Waals surface area contributed by atoms with Crippen molar-refractivity contribution in [3.05, 3.63) is 64.7 Å². The van der Waals surface area contributed by atoms with Crippen LogP contribution in [-0.4, -0.2) is 54.3 Å². The Hall–Kier alpha value is -2.51. The molecule has 1 fully saturated rings. The predicted octanol–water partition coefficient (Wildman–Crippen LogP) is 3.01. The Bertz CT molecular complexity index is 837. The molecule has 0 aromatic heterocycles. The van der Waals surface area contributed by atoms with Crippen molar-refractivity contribution in [1.29, 1.82) is 0 Å². The zero-order chi connectivity index (χ0) is 19.4. The predicted molar refractivity (Wildman–Crippen MR) is 98.8 cm³/mol. The van der Waals surface area contributed by atoms with Crippen molar-refractivity contribution in [3.63, 3.8) is 0 Å². The first-order valence-electron chi connectivity index (χ1n) is 8.44. The van der Waals surface area contributed by atoms with Gasteiger partial charge in [-0.1, -0.05) is 11.6 Å². The molecule has 0 bridgehead atoms. The van der Waals surface area contributed by atoms with Gasteiger partial charge in [-0.3, -0.25) is 14.5 Å². The number of halogens is 3. The van der Waals surface area contributed by atoms with Gasteiger partial charge >= 0.3 is 0 Å². The third-order valence-corrected chi connectivity index (χ3v) is 4.57. The summed E-state index contributed by atoms with van der Waals surface area (Å²) in [5.41, 5.74) is 0.378. The summed E-state index contributed by atoms with van der Waals surface area (Å²) in [6, 6.07) is 9.59. The number of carbonyl (C=O) groups excluding carboxylic acids is 2. The highest BCUT2D eigenvalue weighted by Crippen LogP contribution is 2.16. The van der Waals surface area contributed by atoms with Gasteiger partial charge in [0, 0.05) is 42.8 Å². The molecule has 0 aliphatic carbocycles. The second kappa shape index (κ2) is 8.45. The lowest BCUT2D eigenvalue weighted by molar-refractivity contribution is -0.117. The van der Waals surface area contributed by atoms with Crippen LogP contribution in [0.1, 0.15) is 10.4 Å². The molecule has 1 aliphatic rings. The SMILES string of the molecule is O=C(CN1CCN(C(=O)c2ccc(Cl)cc2)CC1)Nc1cc(F)ccc1F. The van der Waals surface area contributed by atoms with Gasteiger partial charge in [0.05, 0.1) is 12.2 Å². The van der Waals surface area contributed by atoms with Gasteiger partial charge in [-0.2, -0.15) is 0 Å². The molecule has 142 valence electrons. The van der Waals surface area contributed by atoms with E-state index in [1.54, 1.807) is 29.2 Å². The van der Waals surface area contributed by atoms with E-state index in [2.05, 4.69) is 5.32 Å². The van der Waals surface area contributed by atoms with Crippen LogP contribution in [0.25, 0.3) is 0 Å². The molecule has 2 amide bonds. The Labute approximate surface area is 160 Å². The van der Waals surface area contributed by atoms with E-state index in [1.165, 1.54) is 0 Å². The van der Waals surface area contributed by atoms with E-state index in [1.807, 2.05) is 4.90 Å². The van der Waals surface area contributed by atoms with Crippen LogP contribution >= 0.6 is 11.6 Å². The maximum absolute atomic E-state index is 13.6. The van der Waals surface area contributed by atoms with Gasteiger partial charge in [-0.25, -0.2) is 8.78 Å². The molecule has 8 heteroatoms. The molecular weight excluding hydrogens is 376 g/mol. The molecule has 1 N–H and O–H groups in total. The summed E-state index contributed by atoms with van der Waals surface area (Å²) < 4.78 is 26.8. The molecular formula is C19H18ClF2N3O2. The Morgan fingerprint density at radius 3 is 2.33 bits per heavy atom. The van der Waals surface area contributed by atoms with E-state index < -0.39 is 17.5 Å². The summed E-state index contributed by atoms with van der Waals surface area (Å²) in [5, 5.41) is 2.94. The molecule has 1 aliphatic heterocycles. The van der Waals surface area contributed by atoms with Gasteiger partial charge in [0.15, 0.2) is 0 Å². The molecule has 2 aromatic carbocycles. The van der Waals surface area contributed by atoms with Crippen LogP contribution in [0.3, 0.4) is 0 Å². The first kappa shape index (κ1) is 19.3. The molecule has 5 nitrogen and oxygen atoms in total. The first-order valence-corrected chi connectivity index (χ1v) is 8.82. The zero-order valence-corrected chi connectivity index (χ0v) is 15.2. The number of amides is 2. The van der Waals surface area contributed by atoms with Crippen LogP contribution in [0.2, 0.25) is 5.02 Å². The van der Waals surface area contributed by atoms with E-state index in [0.29, 0.717) is 36.8 Å². The number of nitrogens with one attached hydrogen (secondary N) is 1.